The van der Waals surface area contributed by atoms with Crippen molar-refractivity contribution in [1.29, 1.82) is 0 Å². The molecule has 0 N–H and O–H groups in total. The van der Waals surface area contributed by atoms with E-state index in [1.807, 2.05) is 0 Å². The fraction of sp³-hybridized carbons (Fsp3) is 0.667. The fourth-order valence-corrected chi connectivity index (χ4v) is 43.2. The van der Waals surface area contributed by atoms with E-state index in [0.717, 1.165) is 0 Å². The lowest BCUT2D eigenvalue weighted by Crippen LogP contribution is -2.73. The van der Waals surface area contributed by atoms with Gasteiger partial charge in [-0.1, -0.05) is 103 Å². The first-order valence-electron chi connectivity index (χ1n) is 8.16. The minimum atomic E-state index is -1.36. The molecule has 119 valence electrons. The molecule has 1 rings (SSSR count). The van der Waals surface area contributed by atoms with Crippen LogP contribution in [-0.2, 0) is 0 Å². The topological polar surface area (TPSA) is 0 Å². The van der Waals surface area contributed by atoms with Crippen LogP contribution in [0.15, 0.2) is 30.3 Å². The standard InChI is InChI=1S/C18H35Si3/c1-17(2,3)20(7,8)19(16-14-12-11-13-15-16)21(9,10)18(4,5)6/h11-15H,1-10H3. The van der Waals surface area contributed by atoms with Crippen LogP contribution in [0.25, 0.3) is 0 Å². The predicted octanol–water partition coefficient (Wildman–Crippen LogP) is 5.56. The Bertz CT molecular complexity index is 435. The quantitative estimate of drug-likeness (QED) is 0.634. The Morgan fingerprint density at radius 3 is 1.29 bits per heavy atom. The van der Waals surface area contributed by atoms with Crippen LogP contribution >= 0.6 is 0 Å². The van der Waals surface area contributed by atoms with E-state index < -0.39 is 23.0 Å². The summed E-state index contributed by atoms with van der Waals surface area (Å²) in [4.78, 5) is 0. The third kappa shape index (κ3) is 3.62. The summed E-state index contributed by atoms with van der Waals surface area (Å²) in [5.74, 6) is 0. The molecule has 0 aromatic heterocycles. The lowest BCUT2D eigenvalue weighted by Gasteiger charge is -2.53. The van der Waals surface area contributed by atoms with Gasteiger partial charge in [-0.05, 0) is 10.1 Å². The van der Waals surface area contributed by atoms with Gasteiger partial charge < -0.3 is 0 Å². The molecule has 0 heterocycles. The molecular weight excluding hydrogens is 300 g/mol. The molecular formula is C18H35Si3. The average Bonchev–Trinajstić information content (AvgIpc) is 2.26. The Balaban J connectivity index is 3.54. The Kier molecular flexibility index (Phi) is 5.24. The first-order valence-corrected chi connectivity index (χ1v) is 17.7. The largest absolute Gasteiger partial charge is 0.0712 e. The third-order valence-corrected chi connectivity index (χ3v) is 42.0. The molecule has 0 atom stereocenters. The van der Waals surface area contributed by atoms with Gasteiger partial charge in [-0.15, -0.1) is 0 Å². The zero-order valence-corrected chi connectivity index (χ0v) is 18.9. The van der Waals surface area contributed by atoms with E-state index in [1.54, 1.807) is 5.19 Å². The molecule has 1 aromatic rings. The van der Waals surface area contributed by atoms with E-state index in [2.05, 4.69) is 98.1 Å². The Labute approximate surface area is 136 Å². The Morgan fingerprint density at radius 1 is 0.667 bits per heavy atom. The monoisotopic (exact) mass is 335 g/mol. The maximum atomic E-state index is 2.66. The molecule has 0 nitrogen and oxygen atoms in total. The summed E-state index contributed by atoms with van der Waals surface area (Å²) in [5, 5.41) is 2.62. The maximum Gasteiger partial charge on any atom is 0.0712 e. The summed E-state index contributed by atoms with van der Waals surface area (Å²) in [6.07, 6.45) is 0. The van der Waals surface area contributed by atoms with Gasteiger partial charge in [0.2, 0.25) is 0 Å². The average molecular weight is 336 g/mol. The van der Waals surface area contributed by atoms with Crippen LogP contribution in [0.3, 0.4) is 0 Å². The predicted molar refractivity (Wildman–Crippen MR) is 106 cm³/mol. The molecule has 0 fully saturated rings. The van der Waals surface area contributed by atoms with Crippen molar-refractivity contribution in [1.82, 2.24) is 0 Å². The van der Waals surface area contributed by atoms with Crippen LogP contribution < -0.4 is 5.19 Å². The highest BCUT2D eigenvalue weighted by atomic mass is 29.6. The van der Waals surface area contributed by atoms with Gasteiger partial charge in [0.1, 0.15) is 0 Å². The van der Waals surface area contributed by atoms with Crippen molar-refractivity contribution in [2.45, 2.75) is 77.8 Å². The molecule has 0 aliphatic rings. The van der Waals surface area contributed by atoms with Gasteiger partial charge in [-0.25, -0.2) is 0 Å². The zero-order valence-electron chi connectivity index (χ0n) is 15.9. The van der Waals surface area contributed by atoms with Crippen LogP contribution in [0.2, 0.25) is 36.3 Å². The van der Waals surface area contributed by atoms with Gasteiger partial charge in [0.25, 0.3) is 0 Å². The highest BCUT2D eigenvalue weighted by Crippen LogP contribution is 2.45. The van der Waals surface area contributed by atoms with E-state index in [0.29, 0.717) is 10.1 Å². The molecule has 3 heteroatoms. The van der Waals surface area contributed by atoms with Crippen LogP contribution in [0, 0.1) is 0 Å². The summed E-state index contributed by atoms with van der Waals surface area (Å²) >= 11 is 0. The molecule has 0 saturated heterocycles. The van der Waals surface area contributed by atoms with E-state index in [9.17, 15) is 0 Å². The first kappa shape index (κ1) is 18.9. The summed E-state index contributed by atoms with van der Waals surface area (Å²) in [7, 11) is -3.23. The first-order chi connectivity index (χ1) is 9.23. The van der Waals surface area contributed by atoms with Crippen molar-refractivity contribution >= 4 is 28.2 Å². The van der Waals surface area contributed by atoms with Crippen molar-refractivity contribution in [3.8, 4) is 0 Å². The lowest BCUT2D eigenvalue weighted by atomic mass is 10.2. The summed E-state index contributed by atoms with van der Waals surface area (Å²) in [6.45, 7) is 25.6. The SMILES string of the molecule is CC(C)(C)[Si](C)(C)[Si](c1ccccc1)[Si](C)(C)C(C)(C)C. The number of benzene rings is 1. The molecule has 0 aliphatic heterocycles. The number of hydrogen-bond donors (Lipinski definition) is 0. The summed E-state index contributed by atoms with van der Waals surface area (Å²) < 4.78 is 0. The molecule has 1 aromatic carbocycles. The normalized spacial score (nSPS) is 14.6. The van der Waals surface area contributed by atoms with Crippen molar-refractivity contribution in [2.24, 2.45) is 0 Å². The lowest BCUT2D eigenvalue weighted by molar-refractivity contribution is 0.727. The molecule has 1 radical (unpaired) electrons. The van der Waals surface area contributed by atoms with Gasteiger partial charge in [-0.3, -0.25) is 0 Å². The second-order valence-corrected chi connectivity index (χ2v) is 32.3. The van der Waals surface area contributed by atoms with Crippen molar-refractivity contribution in [2.75, 3.05) is 0 Å². The van der Waals surface area contributed by atoms with Crippen LogP contribution in [-0.4, -0.2) is 23.0 Å². The second-order valence-electron chi connectivity index (χ2n) is 9.49. The molecule has 0 bridgehead atoms. The van der Waals surface area contributed by atoms with E-state index >= 15 is 0 Å². The van der Waals surface area contributed by atoms with Gasteiger partial charge in [0.05, 0.1) is 7.83 Å². The molecule has 0 saturated carbocycles. The number of hydrogen-bond acceptors (Lipinski definition) is 0. The molecule has 0 unspecified atom stereocenters. The van der Waals surface area contributed by atoms with Crippen LogP contribution in [0.5, 0.6) is 0 Å². The van der Waals surface area contributed by atoms with E-state index in [1.165, 1.54) is 0 Å². The van der Waals surface area contributed by atoms with Crippen LogP contribution in [0.4, 0.5) is 0 Å². The maximum absolute atomic E-state index is 2.66. The second kappa shape index (κ2) is 5.82. The smallest absolute Gasteiger partial charge is 0.0710 e. The van der Waals surface area contributed by atoms with E-state index in [4.69, 9.17) is 0 Å². The summed E-state index contributed by atoms with van der Waals surface area (Å²) in [5.41, 5.74) is 0. The van der Waals surface area contributed by atoms with Gasteiger partial charge >= 0.3 is 0 Å². The van der Waals surface area contributed by atoms with E-state index in [-0.39, 0.29) is 0 Å². The number of rotatable bonds is 3. The minimum Gasteiger partial charge on any atom is -0.0710 e. The molecule has 0 spiro atoms. The minimum absolute atomic E-state index is 0.465. The highest BCUT2D eigenvalue weighted by molar-refractivity contribution is 7.65. The van der Waals surface area contributed by atoms with Crippen LogP contribution in [0.1, 0.15) is 41.5 Å². The molecule has 0 amide bonds. The third-order valence-electron chi connectivity index (χ3n) is 6.06. The Morgan fingerprint density at radius 2 is 1.00 bits per heavy atom. The fourth-order valence-electron chi connectivity index (χ4n) is 2.86. The molecule has 21 heavy (non-hydrogen) atoms. The Hall–Kier alpha value is -0.129. The van der Waals surface area contributed by atoms with Gasteiger partial charge in [0.15, 0.2) is 0 Å². The van der Waals surface area contributed by atoms with Gasteiger partial charge in [-0.2, -0.15) is 0 Å². The summed E-state index contributed by atoms with van der Waals surface area (Å²) in [6, 6.07) is 11.5. The zero-order chi connectivity index (χ0) is 16.7. The molecule has 0 aliphatic carbocycles. The van der Waals surface area contributed by atoms with Gasteiger partial charge in [0, 0.05) is 15.2 Å². The van der Waals surface area contributed by atoms with Crippen molar-refractivity contribution in [3.63, 3.8) is 0 Å². The highest BCUT2D eigenvalue weighted by Gasteiger charge is 2.54. The van der Waals surface area contributed by atoms with Crippen molar-refractivity contribution < 1.29 is 0 Å². The van der Waals surface area contributed by atoms with Crippen molar-refractivity contribution in [3.05, 3.63) is 30.3 Å².